The molecule has 1 saturated carbocycles. The zero-order chi connectivity index (χ0) is 31.0. The van der Waals surface area contributed by atoms with E-state index in [0.717, 1.165) is 6.54 Å². The highest BCUT2D eigenvalue weighted by Gasteiger charge is 2.50. The smallest absolute Gasteiger partial charge is 0.358 e. The second-order valence-corrected chi connectivity index (χ2v) is 14.2. The minimum absolute atomic E-state index is 0.143. The van der Waals surface area contributed by atoms with Gasteiger partial charge < -0.3 is 15.5 Å². The average molecular weight is 639 g/mol. The monoisotopic (exact) mass is 638 g/mol. The maximum Gasteiger partial charge on any atom is 0.451 e. The minimum atomic E-state index is -4.84. The second-order valence-electron chi connectivity index (χ2n) is 11.8. The first-order valence-electron chi connectivity index (χ1n) is 14.3. The highest BCUT2D eigenvalue weighted by molar-refractivity contribution is 7.91. The molecule has 1 aliphatic heterocycles. The molecule has 1 aromatic carbocycles. The van der Waals surface area contributed by atoms with Crippen LogP contribution in [-0.4, -0.2) is 70.6 Å². The molecule has 0 unspecified atom stereocenters. The highest BCUT2D eigenvalue weighted by Crippen LogP contribution is 2.40. The summed E-state index contributed by atoms with van der Waals surface area (Å²) in [6, 6.07) is 8.83. The van der Waals surface area contributed by atoms with Gasteiger partial charge in [-0.05, 0) is 62.8 Å². The first kappa shape index (κ1) is 31.4. The maximum atomic E-state index is 14.0. The van der Waals surface area contributed by atoms with Crippen LogP contribution in [0.15, 0.2) is 47.5 Å². The molecular weight excluding hydrogens is 605 g/mol. The van der Waals surface area contributed by atoms with Gasteiger partial charge in [-0.25, -0.2) is 23.4 Å². The van der Waals surface area contributed by atoms with Gasteiger partial charge in [0.05, 0.1) is 26.6 Å². The lowest BCUT2D eigenvalue weighted by molar-refractivity contribution is -0.144. The first-order valence-corrected chi connectivity index (χ1v) is 16.3. The summed E-state index contributed by atoms with van der Waals surface area (Å²) in [7, 11) is -3.76. The number of rotatable bonds is 9. The van der Waals surface area contributed by atoms with Crippen molar-refractivity contribution in [2.45, 2.75) is 74.6 Å². The van der Waals surface area contributed by atoms with Crippen LogP contribution in [0.4, 0.5) is 19.0 Å². The minimum Gasteiger partial charge on any atom is -0.358 e. The molecule has 9 nitrogen and oxygen atoms in total. The number of likely N-dealkylation sites (tertiary alicyclic amines) is 1. The van der Waals surface area contributed by atoms with Gasteiger partial charge in [0.1, 0.15) is 11.9 Å². The quantitative estimate of drug-likeness (QED) is 0.332. The number of anilines is 1. The molecule has 5 rings (SSSR count). The van der Waals surface area contributed by atoms with E-state index in [0.29, 0.717) is 31.6 Å². The van der Waals surface area contributed by atoms with Crippen LogP contribution in [0.3, 0.4) is 0 Å². The Labute approximate surface area is 253 Å². The molecule has 2 aromatic heterocycles. The molecule has 0 bridgehead atoms. The summed E-state index contributed by atoms with van der Waals surface area (Å²) in [5.41, 5.74) is -1.18. The molecule has 14 heteroatoms. The topological polar surface area (TPSA) is 117 Å². The molecule has 2 aliphatic rings. The van der Waals surface area contributed by atoms with Gasteiger partial charge >= 0.3 is 6.18 Å². The number of pyridine rings is 1. The van der Waals surface area contributed by atoms with E-state index in [9.17, 15) is 26.4 Å². The van der Waals surface area contributed by atoms with Crippen LogP contribution in [0, 0.1) is 5.92 Å². The predicted octanol–water partition coefficient (Wildman–Crippen LogP) is 5.11. The number of hydrogen-bond acceptors (Lipinski definition) is 8. The number of alkyl halides is 3. The number of amides is 1. The van der Waals surface area contributed by atoms with E-state index in [2.05, 4.69) is 39.4 Å². The summed E-state index contributed by atoms with van der Waals surface area (Å²) in [6.45, 7) is 5.32. The fraction of sp³-hybridized carbons (Fsp3) is 0.517. The molecule has 43 heavy (non-hydrogen) atoms. The summed E-state index contributed by atoms with van der Waals surface area (Å²) in [4.78, 5) is 26.9. The van der Waals surface area contributed by atoms with E-state index in [1.807, 2.05) is 0 Å². The van der Waals surface area contributed by atoms with E-state index in [4.69, 9.17) is 11.6 Å². The molecular formula is C29H34ClF3N6O3S. The number of sulfone groups is 1. The van der Waals surface area contributed by atoms with Gasteiger partial charge in [0, 0.05) is 18.8 Å². The number of nitrogens with zero attached hydrogens (tertiary/aromatic N) is 4. The molecule has 2 N–H and O–H groups in total. The zero-order valence-corrected chi connectivity index (χ0v) is 25.4. The Balaban J connectivity index is 1.44. The Bertz CT molecular complexity index is 1580. The Morgan fingerprint density at radius 3 is 2.47 bits per heavy atom. The summed E-state index contributed by atoms with van der Waals surface area (Å²) in [5, 5.41) is 6.76. The molecule has 1 amide bonds. The Morgan fingerprint density at radius 1 is 1.12 bits per heavy atom. The molecule has 0 spiro atoms. The van der Waals surface area contributed by atoms with Crippen LogP contribution in [0.2, 0.25) is 5.02 Å². The van der Waals surface area contributed by atoms with Gasteiger partial charge in [0.2, 0.25) is 11.7 Å². The SMILES string of the molecule is CC(C)CNC1CCC(CS(=O)(=O)c2ccccc2)(N2CC[C@H](Nc3nc(C(F)(F)F)nc4ncc(Cl)cc34)C2=O)CC1. The molecule has 1 saturated heterocycles. The number of hydrogen-bond donors (Lipinski definition) is 2. The van der Waals surface area contributed by atoms with Crippen molar-refractivity contribution in [3.63, 3.8) is 0 Å². The number of aromatic nitrogens is 3. The van der Waals surface area contributed by atoms with Crippen molar-refractivity contribution in [3.8, 4) is 0 Å². The van der Waals surface area contributed by atoms with Crippen LogP contribution >= 0.6 is 11.6 Å². The van der Waals surface area contributed by atoms with Gasteiger partial charge in [0.25, 0.3) is 0 Å². The first-order chi connectivity index (χ1) is 20.3. The predicted molar refractivity (Wildman–Crippen MR) is 157 cm³/mol. The lowest BCUT2D eigenvalue weighted by Gasteiger charge is -2.46. The summed E-state index contributed by atoms with van der Waals surface area (Å²) >= 11 is 6.07. The molecule has 2 fully saturated rings. The summed E-state index contributed by atoms with van der Waals surface area (Å²) < 4.78 is 68.1. The van der Waals surface area contributed by atoms with Gasteiger partial charge in [-0.2, -0.15) is 13.2 Å². The third kappa shape index (κ3) is 6.88. The third-order valence-corrected chi connectivity index (χ3v) is 10.3. The number of carbonyl (C=O) groups excluding carboxylic acids is 1. The van der Waals surface area contributed by atoms with E-state index in [-0.39, 0.29) is 57.4 Å². The number of nitrogens with one attached hydrogen (secondary N) is 2. The van der Waals surface area contributed by atoms with Crippen LogP contribution in [0.25, 0.3) is 11.0 Å². The van der Waals surface area contributed by atoms with Gasteiger partial charge in [-0.1, -0.05) is 43.6 Å². The molecule has 1 atom stereocenters. The third-order valence-electron chi connectivity index (χ3n) is 8.15. The van der Waals surface area contributed by atoms with Crippen LogP contribution in [0.1, 0.15) is 51.8 Å². The van der Waals surface area contributed by atoms with E-state index in [1.54, 1.807) is 35.2 Å². The van der Waals surface area contributed by atoms with E-state index >= 15 is 0 Å². The van der Waals surface area contributed by atoms with Gasteiger partial charge in [-0.3, -0.25) is 4.79 Å². The Hall–Kier alpha value is -3.03. The summed E-state index contributed by atoms with van der Waals surface area (Å²) in [6.07, 6.45) is -1.07. The lowest BCUT2D eigenvalue weighted by Crippen LogP contribution is -2.58. The number of carbonyl (C=O) groups is 1. The van der Waals surface area contributed by atoms with Crippen molar-refractivity contribution >= 4 is 44.2 Å². The molecule has 3 aromatic rings. The molecule has 232 valence electrons. The molecule has 3 heterocycles. The van der Waals surface area contributed by atoms with E-state index < -0.39 is 33.4 Å². The fourth-order valence-corrected chi connectivity index (χ4v) is 8.04. The van der Waals surface area contributed by atoms with Crippen molar-refractivity contribution in [1.82, 2.24) is 25.2 Å². The number of benzene rings is 1. The normalized spacial score (nSPS) is 23.3. The van der Waals surface area contributed by atoms with Crippen molar-refractivity contribution in [2.75, 3.05) is 24.2 Å². The fourth-order valence-electron chi connectivity index (χ4n) is 5.99. The van der Waals surface area contributed by atoms with E-state index in [1.165, 1.54) is 12.3 Å². The zero-order valence-electron chi connectivity index (χ0n) is 23.9. The van der Waals surface area contributed by atoms with Crippen molar-refractivity contribution in [2.24, 2.45) is 5.92 Å². The highest BCUT2D eigenvalue weighted by atomic mass is 35.5. The molecule has 0 radical (unpaired) electrons. The number of fused-ring (bicyclic) bond motifs is 1. The largest absolute Gasteiger partial charge is 0.451 e. The summed E-state index contributed by atoms with van der Waals surface area (Å²) in [5.74, 6) is -1.77. The Morgan fingerprint density at radius 2 is 1.81 bits per heavy atom. The lowest BCUT2D eigenvalue weighted by atomic mass is 9.79. The standard InChI is InChI=1S/C29H34ClF3N6O3S/c1-18(2)15-34-20-8-11-28(12-9-20,17-43(41,42)21-6-4-3-5-7-21)39-13-10-23(26(39)40)36-25-22-14-19(30)16-35-24(22)37-27(38-25)29(31,32)33/h3-7,14,16,18,20,23,34H,8-13,15,17H2,1-2H3,(H,35,36,37,38)/t20?,23-,28?/m0/s1. The van der Waals surface area contributed by atoms with Crippen LogP contribution < -0.4 is 10.6 Å². The second kappa shape index (κ2) is 12.2. The average Bonchev–Trinajstić information content (AvgIpc) is 3.32. The molecule has 1 aliphatic carbocycles. The van der Waals surface area contributed by atoms with Gasteiger partial charge in [0.15, 0.2) is 15.5 Å². The maximum absolute atomic E-state index is 14.0. The van der Waals surface area contributed by atoms with Crippen LogP contribution in [0.5, 0.6) is 0 Å². The van der Waals surface area contributed by atoms with Crippen molar-refractivity contribution in [3.05, 3.63) is 53.4 Å². The van der Waals surface area contributed by atoms with Crippen molar-refractivity contribution < 1.29 is 26.4 Å². The van der Waals surface area contributed by atoms with Crippen molar-refractivity contribution in [1.29, 1.82) is 0 Å². The number of halogens is 4. The Kier molecular flexibility index (Phi) is 8.88. The van der Waals surface area contributed by atoms with Gasteiger partial charge in [-0.15, -0.1) is 0 Å². The van der Waals surface area contributed by atoms with Crippen LogP contribution in [-0.2, 0) is 20.8 Å².